The van der Waals surface area contributed by atoms with E-state index in [1.165, 1.54) is 0 Å². The van der Waals surface area contributed by atoms with E-state index in [0.717, 1.165) is 54.7 Å². The molecule has 2 aromatic rings. The van der Waals surface area contributed by atoms with E-state index in [9.17, 15) is 4.79 Å². The van der Waals surface area contributed by atoms with Gasteiger partial charge in [-0.3, -0.25) is 9.69 Å². The van der Waals surface area contributed by atoms with Crippen LogP contribution in [-0.4, -0.2) is 60.0 Å². The van der Waals surface area contributed by atoms with Crippen molar-refractivity contribution < 1.29 is 9.53 Å². The van der Waals surface area contributed by atoms with E-state index in [2.05, 4.69) is 10.3 Å². The molecule has 1 unspecified atom stereocenters. The van der Waals surface area contributed by atoms with Crippen LogP contribution in [0.1, 0.15) is 12.6 Å². The van der Waals surface area contributed by atoms with Gasteiger partial charge < -0.3 is 15.4 Å². The number of carbonyl (C=O) groups excluding carboxylic acids is 1. The maximum atomic E-state index is 11.9. The van der Waals surface area contributed by atoms with Gasteiger partial charge in [-0.2, -0.15) is 0 Å². The fourth-order valence-corrected chi connectivity index (χ4v) is 3.71. The number of piperazine rings is 1. The molecule has 6 nitrogen and oxygen atoms in total. The molecule has 2 N–H and O–H groups in total. The van der Waals surface area contributed by atoms with Gasteiger partial charge in [0, 0.05) is 43.7 Å². The largest absolute Gasteiger partial charge is 0.497 e. The van der Waals surface area contributed by atoms with Crippen molar-refractivity contribution in [2.45, 2.75) is 19.5 Å². The highest BCUT2D eigenvalue weighted by Gasteiger charge is 2.23. The molecule has 1 amide bonds. The number of carbonyl (C=O) groups is 1. The Labute approximate surface area is 152 Å². The van der Waals surface area contributed by atoms with E-state index in [1.54, 1.807) is 25.4 Å². The maximum absolute atomic E-state index is 11.9. The van der Waals surface area contributed by atoms with E-state index in [4.69, 9.17) is 15.5 Å². The molecule has 0 radical (unpaired) electrons. The molecular weight excluding hydrogens is 336 g/mol. The Hall–Kier alpha value is -1.96. The molecule has 0 bridgehead atoms. The summed E-state index contributed by atoms with van der Waals surface area (Å²) in [6.07, 6.45) is 0. The fourth-order valence-electron chi connectivity index (χ4n) is 2.89. The van der Waals surface area contributed by atoms with Crippen LogP contribution in [0.4, 0.5) is 0 Å². The highest BCUT2D eigenvalue weighted by Crippen LogP contribution is 2.26. The Bertz CT molecular complexity index is 706. The number of methoxy groups -OCH3 is 1. The summed E-state index contributed by atoms with van der Waals surface area (Å²) in [5, 5.41) is 3.13. The first-order valence-corrected chi connectivity index (χ1v) is 9.30. The van der Waals surface area contributed by atoms with E-state index < -0.39 is 6.04 Å². The lowest BCUT2D eigenvalue weighted by Gasteiger charge is -2.35. The van der Waals surface area contributed by atoms with Crippen LogP contribution in [0, 0.1) is 0 Å². The number of nitrogens with two attached hydrogens (primary N) is 1. The van der Waals surface area contributed by atoms with Gasteiger partial charge in [-0.15, -0.1) is 11.3 Å². The van der Waals surface area contributed by atoms with Gasteiger partial charge in [-0.25, -0.2) is 4.98 Å². The van der Waals surface area contributed by atoms with Crippen LogP contribution in [-0.2, 0) is 11.3 Å². The number of hydrogen-bond acceptors (Lipinski definition) is 6. The summed E-state index contributed by atoms with van der Waals surface area (Å²) in [7, 11) is 1.66. The van der Waals surface area contributed by atoms with E-state index >= 15 is 0 Å². The molecule has 25 heavy (non-hydrogen) atoms. The first-order valence-electron chi connectivity index (χ1n) is 8.42. The number of hydrogen-bond donors (Lipinski definition) is 1. The molecule has 3 rings (SSSR count). The highest BCUT2D eigenvalue weighted by molar-refractivity contribution is 7.13. The van der Waals surface area contributed by atoms with Crippen molar-refractivity contribution in [3.8, 4) is 16.3 Å². The zero-order valence-corrected chi connectivity index (χ0v) is 15.5. The van der Waals surface area contributed by atoms with Gasteiger partial charge in [0.2, 0.25) is 5.91 Å². The normalized spacial score (nSPS) is 16.7. The predicted molar refractivity (Wildman–Crippen MR) is 99.6 cm³/mol. The van der Waals surface area contributed by atoms with Crippen molar-refractivity contribution in [2.24, 2.45) is 5.73 Å². The van der Waals surface area contributed by atoms with Crippen molar-refractivity contribution in [3.05, 3.63) is 35.3 Å². The molecule has 1 aromatic carbocycles. The van der Waals surface area contributed by atoms with Crippen LogP contribution in [0.25, 0.3) is 10.6 Å². The molecule has 1 aliphatic rings. The van der Waals surface area contributed by atoms with Crippen LogP contribution in [0.15, 0.2) is 29.6 Å². The minimum atomic E-state index is -0.419. The minimum absolute atomic E-state index is 0.0371. The summed E-state index contributed by atoms with van der Waals surface area (Å²) in [6, 6.07) is 7.53. The van der Waals surface area contributed by atoms with Crippen LogP contribution in [0.3, 0.4) is 0 Å². The molecule has 1 aliphatic heterocycles. The number of ether oxygens (including phenoxy) is 1. The number of rotatable bonds is 5. The summed E-state index contributed by atoms with van der Waals surface area (Å²) < 4.78 is 5.19. The Morgan fingerprint density at radius 3 is 2.56 bits per heavy atom. The lowest BCUT2D eigenvalue weighted by atomic mass is 10.2. The van der Waals surface area contributed by atoms with Crippen LogP contribution >= 0.6 is 11.3 Å². The highest BCUT2D eigenvalue weighted by atomic mass is 32.1. The van der Waals surface area contributed by atoms with Gasteiger partial charge in [0.25, 0.3) is 0 Å². The number of thiazole rings is 1. The molecular formula is C18H24N4O2S. The molecule has 1 fully saturated rings. The topological polar surface area (TPSA) is 71.7 Å². The Kier molecular flexibility index (Phi) is 5.67. The van der Waals surface area contributed by atoms with Gasteiger partial charge in [0.05, 0.1) is 18.8 Å². The van der Waals surface area contributed by atoms with Crippen molar-refractivity contribution >= 4 is 17.2 Å². The fraction of sp³-hybridized carbons (Fsp3) is 0.444. The zero-order valence-electron chi connectivity index (χ0n) is 14.6. The standard InChI is InChI=1S/C18H24N4O2S/c1-13(19)18(23)22-9-7-21(8-10-22)11-15-12-25-17(20-15)14-3-5-16(24-2)6-4-14/h3-6,12-13H,7-11,19H2,1-2H3. The Morgan fingerprint density at radius 1 is 1.28 bits per heavy atom. The average molecular weight is 360 g/mol. The van der Waals surface area contributed by atoms with Crippen LogP contribution in [0.5, 0.6) is 5.75 Å². The SMILES string of the molecule is COc1ccc(-c2nc(CN3CCN(C(=O)C(C)N)CC3)cs2)cc1. The second-order valence-corrected chi connectivity index (χ2v) is 7.12. The lowest BCUT2D eigenvalue weighted by molar-refractivity contribution is -0.134. The van der Waals surface area contributed by atoms with Gasteiger partial charge >= 0.3 is 0 Å². The number of aromatic nitrogens is 1. The van der Waals surface area contributed by atoms with Crippen molar-refractivity contribution in [1.29, 1.82) is 0 Å². The third-order valence-corrected chi connectivity index (χ3v) is 5.29. The van der Waals surface area contributed by atoms with Gasteiger partial charge in [-0.05, 0) is 31.2 Å². The third-order valence-electron chi connectivity index (χ3n) is 4.35. The van der Waals surface area contributed by atoms with E-state index in [-0.39, 0.29) is 5.91 Å². The number of benzene rings is 1. The second kappa shape index (κ2) is 7.95. The van der Waals surface area contributed by atoms with E-state index in [0.29, 0.717) is 0 Å². The predicted octanol–water partition coefficient (Wildman–Crippen LogP) is 1.81. The van der Waals surface area contributed by atoms with Crippen molar-refractivity contribution in [2.75, 3.05) is 33.3 Å². The molecule has 0 aliphatic carbocycles. The number of nitrogens with zero attached hydrogens (tertiary/aromatic N) is 3. The summed E-state index contributed by atoms with van der Waals surface area (Å²) in [5.74, 6) is 0.884. The molecule has 1 atom stereocenters. The zero-order chi connectivity index (χ0) is 17.8. The molecule has 0 spiro atoms. The monoisotopic (exact) mass is 360 g/mol. The molecule has 2 heterocycles. The van der Waals surface area contributed by atoms with Gasteiger partial charge in [-0.1, -0.05) is 0 Å². The molecule has 0 saturated carbocycles. The van der Waals surface area contributed by atoms with Gasteiger partial charge in [0.15, 0.2) is 0 Å². The quantitative estimate of drug-likeness (QED) is 0.880. The first kappa shape index (κ1) is 17.8. The third kappa shape index (κ3) is 4.36. The number of amides is 1. The minimum Gasteiger partial charge on any atom is -0.497 e. The average Bonchev–Trinajstić information content (AvgIpc) is 3.10. The smallest absolute Gasteiger partial charge is 0.239 e. The van der Waals surface area contributed by atoms with Gasteiger partial charge in [0.1, 0.15) is 10.8 Å². The summed E-state index contributed by atoms with van der Waals surface area (Å²) in [4.78, 5) is 20.9. The van der Waals surface area contributed by atoms with Crippen LogP contribution in [0.2, 0.25) is 0 Å². The lowest BCUT2D eigenvalue weighted by Crippen LogP contribution is -2.52. The summed E-state index contributed by atoms with van der Waals surface area (Å²) in [6.45, 7) is 5.73. The van der Waals surface area contributed by atoms with Crippen molar-refractivity contribution in [3.63, 3.8) is 0 Å². The molecule has 1 saturated heterocycles. The molecule has 7 heteroatoms. The maximum Gasteiger partial charge on any atom is 0.239 e. The Balaban J connectivity index is 1.56. The molecule has 134 valence electrons. The van der Waals surface area contributed by atoms with E-state index in [1.807, 2.05) is 29.2 Å². The summed E-state index contributed by atoms with van der Waals surface area (Å²) >= 11 is 1.65. The first-order chi connectivity index (χ1) is 12.1. The Morgan fingerprint density at radius 2 is 1.96 bits per heavy atom. The summed E-state index contributed by atoms with van der Waals surface area (Å²) in [5.41, 5.74) is 7.85. The second-order valence-electron chi connectivity index (χ2n) is 6.26. The van der Waals surface area contributed by atoms with Crippen molar-refractivity contribution in [1.82, 2.24) is 14.8 Å². The molecule has 1 aromatic heterocycles. The van der Waals surface area contributed by atoms with Crippen LogP contribution < -0.4 is 10.5 Å².